The average Bonchev–Trinajstić information content (AvgIpc) is 3.14. The molecule has 5 aromatic rings. The number of rotatable bonds is 8. The molecular weight excluding hydrogens is 666 g/mol. The molecule has 0 atom stereocenters. The first kappa shape index (κ1) is 33.4. The van der Waals surface area contributed by atoms with E-state index in [4.69, 9.17) is 44.9 Å². The maximum Gasteiger partial charge on any atom is 0.374 e. The lowest BCUT2D eigenvalue weighted by molar-refractivity contribution is -0.115. The number of fused-ring (bicyclic) bond motifs is 4. The van der Waals surface area contributed by atoms with E-state index in [2.05, 4.69) is 21.3 Å². The Morgan fingerprint density at radius 3 is 1.31 bits per heavy atom. The van der Waals surface area contributed by atoms with Crippen molar-refractivity contribution < 1.29 is 38.0 Å². The maximum atomic E-state index is 13.0. The van der Waals surface area contributed by atoms with Gasteiger partial charge in [-0.1, -0.05) is 36.4 Å². The van der Waals surface area contributed by atoms with Gasteiger partial charge in [-0.2, -0.15) is 0 Å². The number of carbonyl (C=O) groups is 4. The Kier molecular flexibility index (Phi) is 8.78. The van der Waals surface area contributed by atoms with Gasteiger partial charge in [0.05, 0.1) is 11.4 Å². The second kappa shape index (κ2) is 13.7. The van der Waals surface area contributed by atoms with Crippen LogP contribution in [0.1, 0.15) is 34.6 Å². The lowest BCUT2D eigenvalue weighted by Gasteiger charge is -2.25. The standard InChI is InChI=1S/C36H24B2N6O8/c1-17(45)39-29-31-34(50-26-14-24(27(51-37)15-21(26)41-31)44-36(48)20-11-7-4-8-12-20)30(40-18(2)46)32-33(29)49-25-13-23(28(52-38)16-22(25)42-32)43-35(47)19-9-5-3-6-10-19/h3-16H,1-2H3,(H,39,45)(H,40,46)(H,43,47)(H,44,48). The summed E-state index contributed by atoms with van der Waals surface area (Å²) in [6.07, 6.45) is 0. The topological polar surface area (TPSA) is 178 Å². The van der Waals surface area contributed by atoms with E-state index in [1.54, 1.807) is 60.7 Å². The van der Waals surface area contributed by atoms with Gasteiger partial charge in [-0.05, 0) is 24.3 Å². The van der Waals surface area contributed by atoms with Gasteiger partial charge in [0.15, 0.2) is 23.0 Å². The normalized spacial score (nSPS) is 11.6. The quantitative estimate of drug-likeness (QED) is 0.125. The van der Waals surface area contributed by atoms with Crippen molar-refractivity contribution in [1.29, 1.82) is 0 Å². The third-order valence-corrected chi connectivity index (χ3v) is 7.79. The first-order valence-corrected chi connectivity index (χ1v) is 15.5. The molecule has 0 saturated heterocycles. The molecule has 14 nitrogen and oxygen atoms in total. The van der Waals surface area contributed by atoms with Crippen molar-refractivity contribution in [2.75, 3.05) is 21.3 Å². The highest BCUT2D eigenvalue weighted by atomic mass is 16.5. The van der Waals surface area contributed by atoms with Crippen molar-refractivity contribution in [1.82, 2.24) is 0 Å². The molecule has 0 fully saturated rings. The Hall–Kier alpha value is -7.09. The largest absolute Gasteiger partial charge is 0.566 e. The van der Waals surface area contributed by atoms with Crippen LogP contribution in [0.15, 0.2) is 94.9 Å². The molecule has 4 radical (unpaired) electrons. The van der Waals surface area contributed by atoms with E-state index in [0.717, 1.165) is 0 Å². The molecule has 5 aromatic carbocycles. The Morgan fingerprint density at radius 1 is 0.577 bits per heavy atom. The summed E-state index contributed by atoms with van der Waals surface area (Å²) in [6.45, 7) is 2.58. The SMILES string of the molecule is [B]Oc1cc2c(cc1NC(=O)c1ccccc1)Oc1c(NC(C)=O)c3c(c(NC(C)=O)c1=N2)Oc1cc(NC(=O)c2ccccc2)c(O[B])cc1N=3. The summed E-state index contributed by atoms with van der Waals surface area (Å²) in [7, 11) is 11.2. The van der Waals surface area contributed by atoms with Crippen LogP contribution in [0.4, 0.5) is 34.1 Å². The molecule has 7 rings (SSSR count). The van der Waals surface area contributed by atoms with Crippen LogP contribution in [-0.2, 0) is 9.59 Å². The number of hydrogen-bond donors (Lipinski definition) is 4. The fourth-order valence-electron chi connectivity index (χ4n) is 5.53. The summed E-state index contributed by atoms with van der Waals surface area (Å²) in [5.41, 5.74) is 1.62. The maximum absolute atomic E-state index is 13.0. The van der Waals surface area contributed by atoms with Crippen LogP contribution in [-0.4, -0.2) is 39.7 Å². The first-order chi connectivity index (χ1) is 25.1. The molecule has 52 heavy (non-hydrogen) atoms. The highest BCUT2D eigenvalue weighted by molar-refractivity contribution is 6.08. The van der Waals surface area contributed by atoms with Gasteiger partial charge in [-0.25, -0.2) is 9.98 Å². The molecule has 4 N–H and O–H groups in total. The van der Waals surface area contributed by atoms with Gasteiger partial charge in [0, 0.05) is 49.2 Å². The molecule has 252 valence electrons. The fraction of sp³-hybridized carbons (Fsp3) is 0.0556. The lowest BCUT2D eigenvalue weighted by Crippen LogP contribution is -2.29. The van der Waals surface area contributed by atoms with Crippen LogP contribution >= 0.6 is 0 Å². The molecule has 2 aliphatic heterocycles. The molecule has 0 bridgehead atoms. The average molecular weight is 690 g/mol. The number of nitrogens with zero attached hydrogens (tertiary/aromatic N) is 2. The van der Waals surface area contributed by atoms with Crippen molar-refractivity contribution >= 4 is 73.9 Å². The fourth-order valence-corrected chi connectivity index (χ4v) is 5.53. The predicted octanol–water partition coefficient (Wildman–Crippen LogP) is 5.15. The number of anilines is 4. The summed E-state index contributed by atoms with van der Waals surface area (Å²) in [5, 5.41) is 11.1. The minimum absolute atomic E-state index is 0.00444. The van der Waals surface area contributed by atoms with E-state index >= 15 is 0 Å². The van der Waals surface area contributed by atoms with Gasteiger partial charge in [0.1, 0.15) is 45.0 Å². The minimum Gasteiger partial charge on any atom is -0.566 e. The minimum atomic E-state index is -0.486. The van der Waals surface area contributed by atoms with E-state index in [-0.39, 0.29) is 79.3 Å². The Balaban J connectivity index is 1.38. The molecule has 2 aliphatic rings. The molecular formula is C36H24B2N6O8. The Morgan fingerprint density at radius 2 is 0.962 bits per heavy atom. The molecule has 0 saturated carbocycles. The van der Waals surface area contributed by atoms with Crippen LogP contribution in [0.25, 0.3) is 0 Å². The molecule has 0 unspecified atom stereocenters. The smallest absolute Gasteiger partial charge is 0.374 e. The van der Waals surface area contributed by atoms with Gasteiger partial charge in [0.25, 0.3) is 11.8 Å². The molecule has 0 aromatic heterocycles. The molecule has 16 heteroatoms. The van der Waals surface area contributed by atoms with Gasteiger partial charge in [-0.15, -0.1) is 0 Å². The second-order valence-electron chi connectivity index (χ2n) is 11.4. The number of nitrogens with one attached hydrogen (secondary N) is 4. The third kappa shape index (κ3) is 6.35. The molecule has 2 heterocycles. The van der Waals surface area contributed by atoms with Gasteiger partial charge in [-0.3, -0.25) is 19.2 Å². The van der Waals surface area contributed by atoms with Crippen molar-refractivity contribution in [3.05, 3.63) is 107 Å². The summed E-state index contributed by atoms with van der Waals surface area (Å²) < 4.78 is 22.8. The first-order valence-electron chi connectivity index (χ1n) is 15.5. The number of hydrogen-bond acceptors (Lipinski definition) is 10. The van der Waals surface area contributed by atoms with E-state index in [9.17, 15) is 19.2 Å². The van der Waals surface area contributed by atoms with Crippen molar-refractivity contribution in [3.8, 4) is 34.5 Å². The summed E-state index contributed by atoms with van der Waals surface area (Å²) >= 11 is 0. The van der Waals surface area contributed by atoms with Crippen LogP contribution < -0.4 is 50.8 Å². The van der Waals surface area contributed by atoms with Gasteiger partial charge >= 0.3 is 16.1 Å². The number of amides is 4. The van der Waals surface area contributed by atoms with Crippen molar-refractivity contribution in [2.24, 2.45) is 9.98 Å². The van der Waals surface area contributed by atoms with Crippen LogP contribution in [0.2, 0.25) is 0 Å². The zero-order valence-corrected chi connectivity index (χ0v) is 27.4. The van der Waals surface area contributed by atoms with Crippen LogP contribution in [0, 0.1) is 0 Å². The molecule has 0 aliphatic carbocycles. The molecule has 0 spiro atoms. The summed E-state index contributed by atoms with van der Waals surface area (Å²) in [4.78, 5) is 60.7. The highest BCUT2D eigenvalue weighted by Crippen LogP contribution is 2.47. The van der Waals surface area contributed by atoms with Crippen LogP contribution in [0.5, 0.6) is 34.5 Å². The number of benzene rings is 5. The summed E-state index contributed by atoms with van der Waals surface area (Å²) in [6, 6.07) is 22.8. The van der Waals surface area contributed by atoms with E-state index in [1.807, 2.05) is 0 Å². The zero-order chi connectivity index (χ0) is 36.5. The zero-order valence-electron chi connectivity index (χ0n) is 27.4. The van der Waals surface area contributed by atoms with Gasteiger partial charge in [0.2, 0.25) is 11.8 Å². The van der Waals surface area contributed by atoms with Crippen LogP contribution in [0.3, 0.4) is 0 Å². The third-order valence-electron chi connectivity index (χ3n) is 7.79. The van der Waals surface area contributed by atoms with E-state index in [1.165, 1.54) is 38.1 Å². The van der Waals surface area contributed by atoms with E-state index < -0.39 is 23.6 Å². The van der Waals surface area contributed by atoms with Crippen molar-refractivity contribution in [3.63, 3.8) is 0 Å². The Labute approximate surface area is 297 Å². The number of carbonyl (C=O) groups excluding carboxylic acids is 4. The highest BCUT2D eigenvalue weighted by Gasteiger charge is 2.31. The van der Waals surface area contributed by atoms with Crippen molar-refractivity contribution in [2.45, 2.75) is 13.8 Å². The Bertz CT molecular complexity index is 2280. The predicted molar refractivity (Wildman–Crippen MR) is 191 cm³/mol. The van der Waals surface area contributed by atoms with Gasteiger partial charge < -0.3 is 40.0 Å². The summed E-state index contributed by atoms with van der Waals surface area (Å²) in [5.74, 6) is -1.43. The second-order valence-corrected chi connectivity index (χ2v) is 11.4. The number of ether oxygens (including phenoxy) is 2. The monoisotopic (exact) mass is 690 g/mol. The lowest BCUT2D eigenvalue weighted by atomic mass is 10.1. The molecule has 4 amide bonds. The van der Waals surface area contributed by atoms with E-state index in [0.29, 0.717) is 11.1 Å².